The van der Waals surface area contributed by atoms with Gasteiger partial charge in [-0.1, -0.05) is 6.92 Å². The second-order valence-corrected chi connectivity index (χ2v) is 4.22. The Kier molecular flexibility index (Phi) is 3.73. The van der Waals surface area contributed by atoms with Gasteiger partial charge < -0.3 is 9.64 Å². The number of aromatic nitrogens is 3. The van der Waals surface area contributed by atoms with Crippen LogP contribution in [0.4, 0.5) is 0 Å². The molecule has 0 bridgehead atoms. The van der Waals surface area contributed by atoms with E-state index in [0.29, 0.717) is 0 Å². The molecule has 0 atom stereocenters. The molecule has 2 rings (SSSR count). The van der Waals surface area contributed by atoms with Crippen molar-refractivity contribution in [1.29, 1.82) is 0 Å². The maximum atomic E-state index is 12.1. The Balaban J connectivity index is 2.02. The SMILES string of the molecule is CCc1nc(C(=O)N(C)C2CCOCC2)n[nH]1. The van der Waals surface area contributed by atoms with Crippen molar-refractivity contribution in [3.8, 4) is 0 Å². The quantitative estimate of drug-likeness (QED) is 0.838. The lowest BCUT2D eigenvalue weighted by Gasteiger charge is -2.30. The van der Waals surface area contributed by atoms with Gasteiger partial charge in [0.1, 0.15) is 5.82 Å². The standard InChI is InChI=1S/C11H18N4O2/c1-3-9-12-10(14-13-9)11(16)15(2)8-4-6-17-7-5-8/h8H,3-7H2,1-2H3,(H,12,13,14). The number of aromatic amines is 1. The van der Waals surface area contributed by atoms with E-state index < -0.39 is 0 Å². The molecule has 1 aliphatic rings. The highest BCUT2D eigenvalue weighted by atomic mass is 16.5. The second kappa shape index (κ2) is 5.27. The van der Waals surface area contributed by atoms with Crippen LogP contribution in [0.5, 0.6) is 0 Å². The minimum Gasteiger partial charge on any atom is -0.381 e. The third kappa shape index (κ3) is 2.63. The predicted molar refractivity (Wildman–Crippen MR) is 61.7 cm³/mol. The first-order valence-electron chi connectivity index (χ1n) is 5.98. The fourth-order valence-electron chi connectivity index (χ4n) is 1.95. The van der Waals surface area contributed by atoms with E-state index >= 15 is 0 Å². The fraction of sp³-hybridized carbons (Fsp3) is 0.727. The molecule has 0 aromatic carbocycles. The lowest BCUT2D eigenvalue weighted by atomic mass is 10.1. The number of rotatable bonds is 3. The Morgan fingerprint density at radius 3 is 2.82 bits per heavy atom. The molecule has 1 aromatic heterocycles. The first-order chi connectivity index (χ1) is 8.22. The van der Waals surface area contributed by atoms with Gasteiger partial charge in [-0.25, -0.2) is 4.98 Å². The molecule has 2 heterocycles. The van der Waals surface area contributed by atoms with Gasteiger partial charge in [0.05, 0.1) is 0 Å². The molecule has 94 valence electrons. The molecule has 0 saturated carbocycles. The van der Waals surface area contributed by atoms with Crippen molar-refractivity contribution < 1.29 is 9.53 Å². The Morgan fingerprint density at radius 2 is 2.24 bits per heavy atom. The number of H-pyrrole nitrogens is 1. The average molecular weight is 238 g/mol. The normalized spacial score (nSPS) is 17.1. The van der Waals surface area contributed by atoms with Gasteiger partial charge in [0.2, 0.25) is 5.82 Å². The first kappa shape index (κ1) is 12.0. The smallest absolute Gasteiger partial charge is 0.293 e. The molecule has 17 heavy (non-hydrogen) atoms. The summed E-state index contributed by atoms with van der Waals surface area (Å²) in [5, 5.41) is 6.71. The summed E-state index contributed by atoms with van der Waals surface area (Å²) in [5.41, 5.74) is 0. The van der Waals surface area contributed by atoms with Crippen LogP contribution in [0.15, 0.2) is 0 Å². The summed E-state index contributed by atoms with van der Waals surface area (Å²) in [6.07, 6.45) is 2.52. The number of carbonyl (C=O) groups is 1. The van der Waals surface area contributed by atoms with Crippen LogP contribution in [0.2, 0.25) is 0 Å². The van der Waals surface area contributed by atoms with Gasteiger partial charge in [0.15, 0.2) is 0 Å². The summed E-state index contributed by atoms with van der Waals surface area (Å²) in [7, 11) is 1.81. The highest BCUT2D eigenvalue weighted by Crippen LogP contribution is 2.14. The lowest BCUT2D eigenvalue weighted by molar-refractivity contribution is 0.0355. The van der Waals surface area contributed by atoms with Gasteiger partial charge in [-0.3, -0.25) is 9.89 Å². The van der Waals surface area contributed by atoms with E-state index in [1.54, 1.807) is 11.9 Å². The monoisotopic (exact) mass is 238 g/mol. The summed E-state index contributed by atoms with van der Waals surface area (Å²) in [6.45, 7) is 3.41. The van der Waals surface area contributed by atoms with Crippen LogP contribution >= 0.6 is 0 Å². The summed E-state index contributed by atoms with van der Waals surface area (Å²) in [6, 6.07) is 0.236. The van der Waals surface area contributed by atoms with Crippen molar-refractivity contribution in [2.24, 2.45) is 0 Å². The van der Waals surface area contributed by atoms with Crippen LogP contribution in [-0.4, -0.2) is 52.3 Å². The molecular weight excluding hydrogens is 220 g/mol. The largest absolute Gasteiger partial charge is 0.381 e. The third-order valence-corrected chi connectivity index (χ3v) is 3.12. The molecule has 6 heteroatoms. The maximum Gasteiger partial charge on any atom is 0.293 e. The molecule has 0 radical (unpaired) electrons. The number of carbonyl (C=O) groups excluding carboxylic acids is 1. The first-order valence-corrected chi connectivity index (χ1v) is 5.98. The van der Waals surface area contributed by atoms with Crippen LogP contribution in [0.3, 0.4) is 0 Å². The van der Waals surface area contributed by atoms with Crippen molar-refractivity contribution in [1.82, 2.24) is 20.1 Å². The molecular formula is C11H18N4O2. The van der Waals surface area contributed by atoms with E-state index in [0.717, 1.165) is 38.3 Å². The summed E-state index contributed by atoms with van der Waals surface area (Å²) < 4.78 is 5.28. The van der Waals surface area contributed by atoms with Crippen molar-refractivity contribution in [2.45, 2.75) is 32.2 Å². The second-order valence-electron chi connectivity index (χ2n) is 4.22. The molecule has 1 aliphatic heterocycles. The minimum atomic E-state index is -0.118. The van der Waals surface area contributed by atoms with E-state index in [2.05, 4.69) is 15.2 Å². The van der Waals surface area contributed by atoms with Crippen LogP contribution in [0.1, 0.15) is 36.2 Å². The van der Waals surface area contributed by atoms with Gasteiger partial charge in [0, 0.05) is 32.7 Å². The maximum absolute atomic E-state index is 12.1. The number of aryl methyl sites for hydroxylation is 1. The zero-order valence-corrected chi connectivity index (χ0v) is 10.3. The van der Waals surface area contributed by atoms with E-state index in [1.807, 2.05) is 6.92 Å². The highest BCUT2D eigenvalue weighted by Gasteiger charge is 2.25. The molecule has 0 aliphatic carbocycles. The van der Waals surface area contributed by atoms with Crippen LogP contribution < -0.4 is 0 Å². The minimum absolute atomic E-state index is 0.118. The number of amides is 1. The number of nitrogens with zero attached hydrogens (tertiary/aromatic N) is 3. The van der Waals surface area contributed by atoms with Crippen LogP contribution in [-0.2, 0) is 11.2 Å². The average Bonchev–Trinajstić information content (AvgIpc) is 2.87. The van der Waals surface area contributed by atoms with Crippen molar-refractivity contribution >= 4 is 5.91 Å². The number of ether oxygens (including phenoxy) is 1. The summed E-state index contributed by atoms with van der Waals surface area (Å²) in [4.78, 5) is 18.0. The van der Waals surface area contributed by atoms with Crippen molar-refractivity contribution in [3.05, 3.63) is 11.6 Å². The molecule has 1 saturated heterocycles. The lowest BCUT2D eigenvalue weighted by Crippen LogP contribution is -2.41. The molecule has 0 unspecified atom stereocenters. The van der Waals surface area contributed by atoms with E-state index in [4.69, 9.17) is 4.74 Å². The number of nitrogens with one attached hydrogen (secondary N) is 1. The molecule has 1 N–H and O–H groups in total. The summed E-state index contributed by atoms with van der Waals surface area (Å²) >= 11 is 0. The number of hydrogen-bond donors (Lipinski definition) is 1. The molecule has 1 aromatic rings. The van der Waals surface area contributed by atoms with Gasteiger partial charge >= 0.3 is 0 Å². The Labute approximate surface area is 100 Å². The van der Waals surface area contributed by atoms with Gasteiger partial charge in [-0.15, -0.1) is 5.10 Å². The van der Waals surface area contributed by atoms with Gasteiger partial charge in [-0.05, 0) is 12.8 Å². The molecule has 1 fully saturated rings. The topological polar surface area (TPSA) is 71.1 Å². The van der Waals surface area contributed by atoms with Gasteiger partial charge in [0.25, 0.3) is 5.91 Å². The molecule has 0 spiro atoms. The highest BCUT2D eigenvalue weighted by molar-refractivity contribution is 5.90. The van der Waals surface area contributed by atoms with Gasteiger partial charge in [-0.2, -0.15) is 0 Å². The Morgan fingerprint density at radius 1 is 1.53 bits per heavy atom. The van der Waals surface area contributed by atoms with E-state index in [9.17, 15) is 4.79 Å². The fourth-order valence-corrected chi connectivity index (χ4v) is 1.95. The molecule has 6 nitrogen and oxygen atoms in total. The van der Waals surface area contributed by atoms with Crippen molar-refractivity contribution in [3.63, 3.8) is 0 Å². The Bertz CT molecular complexity index is 385. The summed E-state index contributed by atoms with van der Waals surface area (Å²) in [5.74, 6) is 0.886. The van der Waals surface area contributed by atoms with E-state index in [-0.39, 0.29) is 17.8 Å². The third-order valence-electron chi connectivity index (χ3n) is 3.12. The zero-order chi connectivity index (χ0) is 12.3. The predicted octanol–water partition coefficient (Wildman–Crippen LogP) is 0.618. The van der Waals surface area contributed by atoms with Crippen molar-refractivity contribution in [2.75, 3.05) is 20.3 Å². The van der Waals surface area contributed by atoms with Crippen LogP contribution in [0, 0.1) is 0 Å². The Hall–Kier alpha value is -1.43. The number of hydrogen-bond acceptors (Lipinski definition) is 4. The van der Waals surface area contributed by atoms with Crippen LogP contribution in [0.25, 0.3) is 0 Å². The van der Waals surface area contributed by atoms with E-state index in [1.165, 1.54) is 0 Å². The molecule has 1 amide bonds. The zero-order valence-electron chi connectivity index (χ0n) is 10.3.